The van der Waals surface area contributed by atoms with Crippen LogP contribution in [-0.4, -0.2) is 14.7 Å². The van der Waals surface area contributed by atoms with Crippen LogP contribution in [-0.2, 0) is 11.3 Å². The zero-order valence-corrected chi connectivity index (χ0v) is 18.4. The van der Waals surface area contributed by atoms with Gasteiger partial charge in [-0.15, -0.1) is 5.54 Å². The first-order valence-electron chi connectivity index (χ1n) is 9.53. The molecule has 0 saturated carbocycles. The highest BCUT2D eigenvalue weighted by Gasteiger charge is 2.41. The van der Waals surface area contributed by atoms with Crippen molar-refractivity contribution in [2.45, 2.75) is 64.8 Å². The van der Waals surface area contributed by atoms with E-state index >= 15 is 0 Å². The summed E-state index contributed by atoms with van der Waals surface area (Å²) in [7, 11) is -1.70. The molecule has 1 aromatic rings. The van der Waals surface area contributed by atoms with Crippen molar-refractivity contribution in [2.24, 2.45) is 0 Å². The Morgan fingerprint density at radius 3 is 1.81 bits per heavy atom. The molecule has 0 N–H and O–H groups in total. The lowest BCUT2D eigenvalue weighted by Gasteiger charge is -2.37. The summed E-state index contributed by atoms with van der Waals surface area (Å²) in [6.07, 6.45) is 0. The van der Waals surface area contributed by atoms with Gasteiger partial charge in [0.25, 0.3) is 0 Å². The van der Waals surface area contributed by atoms with E-state index < -0.39 is 8.07 Å². The Bertz CT molecular complexity index is 797. The molecule has 0 amide bonds. The van der Waals surface area contributed by atoms with Crippen molar-refractivity contribution >= 4 is 8.07 Å². The summed E-state index contributed by atoms with van der Waals surface area (Å²) in [4.78, 5) is 0. The molecule has 140 valence electrons. The molecule has 0 radical (unpaired) electrons. The Kier molecular flexibility index (Phi) is 10.2. The molecular weight excluding hydrogens is 344 g/mol. The molecule has 0 heterocycles. The van der Waals surface area contributed by atoms with Crippen LogP contribution in [0.15, 0.2) is 30.3 Å². The molecule has 2 heteroatoms. The molecule has 0 atom stereocenters. The first-order valence-corrected chi connectivity index (χ1v) is 11.8. The number of ether oxygens (including phenoxy) is 1. The maximum absolute atomic E-state index is 5.47. The van der Waals surface area contributed by atoms with Crippen molar-refractivity contribution in [2.75, 3.05) is 6.61 Å². The fourth-order valence-electron chi connectivity index (χ4n) is 3.57. The number of rotatable bonds is 6. The van der Waals surface area contributed by atoms with Crippen molar-refractivity contribution < 1.29 is 4.74 Å². The van der Waals surface area contributed by atoms with Crippen molar-refractivity contribution in [3.8, 4) is 47.0 Å². The second-order valence-corrected chi connectivity index (χ2v) is 13.0. The van der Waals surface area contributed by atoms with Gasteiger partial charge in [0.1, 0.15) is 14.7 Å². The van der Waals surface area contributed by atoms with Gasteiger partial charge in [0.2, 0.25) is 0 Å². The van der Waals surface area contributed by atoms with Gasteiger partial charge in [0.05, 0.1) is 6.61 Å². The second kappa shape index (κ2) is 12.1. The van der Waals surface area contributed by atoms with E-state index in [-0.39, 0.29) is 0 Å². The molecule has 0 aliphatic heterocycles. The minimum Gasteiger partial charge on any atom is -0.364 e. The van der Waals surface area contributed by atoms with E-state index in [0.717, 1.165) is 5.56 Å². The Labute approximate surface area is 167 Å². The van der Waals surface area contributed by atoms with Crippen LogP contribution in [0.3, 0.4) is 0 Å². The first-order chi connectivity index (χ1) is 12.9. The van der Waals surface area contributed by atoms with Crippen LogP contribution in [0.2, 0.25) is 16.6 Å². The molecule has 0 saturated heterocycles. The molecule has 0 aliphatic carbocycles. The first kappa shape index (κ1) is 22.7. The number of benzene rings is 1. The lowest BCUT2D eigenvalue weighted by molar-refractivity contribution is 0.153. The number of hydrogen-bond acceptors (Lipinski definition) is 1. The van der Waals surface area contributed by atoms with Gasteiger partial charge in [-0.25, -0.2) is 0 Å². The molecule has 27 heavy (non-hydrogen) atoms. The summed E-state index contributed by atoms with van der Waals surface area (Å²) in [5.41, 5.74) is 6.53. The normalized spacial score (nSPS) is 10.1. The van der Waals surface area contributed by atoms with E-state index in [0.29, 0.717) is 29.8 Å². The van der Waals surface area contributed by atoms with Gasteiger partial charge < -0.3 is 4.74 Å². The summed E-state index contributed by atoms with van der Waals surface area (Å²) >= 11 is 0. The van der Waals surface area contributed by atoms with Crippen LogP contribution in [0.1, 0.15) is 47.1 Å². The Morgan fingerprint density at radius 2 is 1.26 bits per heavy atom. The maximum Gasteiger partial charge on any atom is 0.147 e. The third kappa shape index (κ3) is 7.41. The second-order valence-electron chi connectivity index (χ2n) is 7.43. The molecular formula is C25H30OSi. The average molecular weight is 375 g/mol. The third-order valence-electron chi connectivity index (χ3n) is 4.83. The lowest BCUT2D eigenvalue weighted by Crippen LogP contribution is -2.43. The van der Waals surface area contributed by atoms with Crippen LogP contribution in [0.25, 0.3) is 0 Å². The van der Waals surface area contributed by atoms with Gasteiger partial charge in [0.15, 0.2) is 0 Å². The van der Waals surface area contributed by atoms with Gasteiger partial charge in [-0.2, -0.15) is 0 Å². The summed E-state index contributed by atoms with van der Waals surface area (Å²) < 4.78 is 5.47. The number of hydrogen-bond donors (Lipinski definition) is 0. The molecule has 1 aromatic carbocycles. The maximum atomic E-state index is 5.47. The minimum absolute atomic E-state index is 0.363. The predicted octanol–water partition coefficient (Wildman–Crippen LogP) is 5.43. The Hall–Kier alpha value is -2.36. The van der Waals surface area contributed by atoms with E-state index in [1.807, 2.05) is 30.3 Å². The Balaban J connectivity index is 2.56. The fraction of sp³-hybridized carbons (Fsp3) is 0.440. The lowest BCUT2D eigenvalue weighted by atomic mass is 10.2. The smallest absolute Gasteiger partial charge is 0.147 e. The zero-order chi connectivity index (χ0) is 20.1. The summed E-state index contributed by atoms with van der Waals surface area (Å²) in [6, 6.07) is 10.0. The van der Waals surface area contributed by atoms with Crippen molar-refractivity contribution in [3.63, 3.8) is 0 Å². The molecule has 0 fully saturated rings. The van der Waals surface area contributed by atoms with Crippen LogP contribution < -0.4 is 0 Å². The molecule has 1 nitrogen and oxygen atoms in total. The quantitative estimate of drug-likeness (QED) is 0.366. The monoisotopic (exact) mass is 374 g/mol. The summed E-state index contributed by atoms with van der Waals surface area (Å²) in [6.45, 7) is 14.7. The predicted molar refractivity (Wildman–Crippen MR) is 118 cm³/mol. The molecule has 0 bridgehead atoms. The van der Waals surface area contributed by atoms with E-state index in [9.17, 15) is 0 Å². The van der Waals surface area contributed by atoms with Crippen molar-refractivity contribution in [1.29, 1.82) is 0 Å². The van der Waals surface area contributed by atoms with E-state index in [1.165, 1.54) is 0 Å². The van der Waals surface area contributed by atoms with Gasteiger partial charge in [0, 0.05) is 0 Å². The van der Waals surface area contributed by atoms with Crippen molar-refractivity contribution in [3.05, 3.63) is 35.9 Å². The van der Waals surface area contributed by atoms with Crippen LogP contribution in [0, 0.1) is 47.0 Å². The summed E-state index contributed by atoms with van der Waals surface area (Å²) in [5, 5.41) is 0. The Morgan fingerprint density at radius 1 is 0.741 bits per heavy atom. The highest BCUT2D eigenvalue weighted by molar-refractivity contribution is 6.90. The van der Waals surface area contributed by atoms with Gasteiger partial charge in [-0.3, -0.25) is 0 Å². The fourth-order valence-corrected chi connectivity index (χ4v) is 8.72. The highest BCUT2D eigenvalue weighted by atomic mass is 28.3. The van der Waals surface area contributed by atoms with Gasteiger partial charge >= 0.3 is 0 Å². The summed E-state index contributed by atoms with van der Waals surface area (Å²) in [5.74, 6) is 19.8. The molecule has 0 spiro atoms. The van der Waals surface area contributed by atoms with Crippen LogP contribution >= 0.6 is 0 Å². The van der Waals surface area contributed by atoms with E-state index in [2.05, 4.69) is 88.5 Å². The van der Waals surface area contributed by atoms with Gasteiger partial charge in [-0.1, -0.05) is 77.8 Å². The standard InChI is InChI=1S/C25H30OSi/c1-22(2)27(23(3)4,24(5)6)20-16-11-9-7-8-10-15-19-26-21-25-17-13-12-14-18-25/h12-14,17-18,22-24H,19,21H2,1-6H3. The zero-order valence-electron chi connectivity index (χ0n) is 17.4. The average Bonchev–Trinajstić information content (AvgIpc) is 2.62. The third-order valence-corrected chi connectivity index (χ3v) is 11.1. The minimum atomic E-state index is -1.70. The molecule has 0 aliphatic rings. The molecule has 0 aromatic heterocycles. The van der Waals surface area contributed by atoms with Crippen molar-refractivity contribution in [1.82, 2.24) is 0 Å². The molecule has 1 rings (SSSR count). The SMILES string of the molecule is CC(C)[Si](C#CC#CC#CC#CCOCc1ccccc1)(C(C)C)C(C)C. The van der Waals surface area contributed by atoms with Gasteiger partial charge in [-0.05, 0) is 57.7 Å². The highest BCUT2D eigenvalue weighted by Crippen LogP contribution is 2.40. The van der Waals surface area contributed by atoms with Crippen LogP contribution in [0.4, 0.5) is 0 Å². The molecule has 0 unspecified atom stereocenters. The van der Waals surface area contributed by atoms with E-state index in [4.69, 9.17) is 4.74 Å². The largest absolute Gasteiger partial charge is 0.364 e. The topological polar surface area (TPSA) is 9.23 Å². The van der Waals surface area contributed by atoms with E-state index in [1.54, 1.807) is 0 Å². The van der Waals surface area contributed by atoms with Crippen LogP contribution in [0.5, 0.6) is 0 Å².